The average molecular weight is 425 g/mol. The smallest absolute Gasteiger partial charge is 0.169 e. The van der Waals surface area contributed by atoms with Crippen molar-refractivity contribution in [2.24, 2.45) is 5.41 Å². The summed E-state index contributed by atoms with van der Waals surface area (Å²) in [5.74, 6) is 0. The van der Waals surface area contributed by atoms with Crippen LogP contribution in [-0.2, 0) is 24.9 Å². The average Bonchev–Trinajstić information content (AvgIpc) is 2.70. The molecule has 2 aromatic heterocycles. The quantitative estimate of drug-likeness (QED) is 0.257. The molecule has 0 atom stereocenters. The lowest BCUT2D eigenvalue weighted by Crippen LogP contribution is -2.49. The first kappa shape index (κ1) is 25.6. The van der Waals surface area contributed by atoms with Crippen molar-refractivity contribution in [3.8, 4) is 0 Å². The number of aromatic nitrogens is 2. The lowest BCUT2D eigenvalue weighted by atomic mass is 9.89. The predicted octanol–water partition coefficient (Wildman–Crippen LogP) is 6.97. The van der Waals surface area contributed by atoms with Crippen LogP contribution in [0.15, 0.2) is 49.1 Å². The van der Waals surface area contributed by atoms with E-state index in [1.807, 2.05) is 0 Å². The third kappa shape index (κ3) is 10.9. The van der Waals surface area contributed by atoms with E-state index in [4.69, 9.17) is 0 Å². The molecule has 31 heavy (non-hydrogen) atoms. The summed E-state index contributed by atoms with van der Waals surface area (Å²) in [5.41, 5.74) is 3.55. The minimum absolute atomic E-state index is 0.157. The largest absolute Gasteiger partial charge is 0.205 e. The van der Waals surface area contributed by atoms with E-state index in [2.05, 4.69) is 99.7 Å². The lowest BCUT2D eigenvalue weighted by molar-refractivity contribution is -0.754. The van der Waals surface area contributed by atoms with Crippen LogP contribution >= 0.6 is 0 Å². The number of aryl methyl sites for hydroxylation is 3. The van der Waals surface area contributed by atoms with Crippen LogP contribution in [-0.4, -0.2) is 0 Å². The molecule has 2 heterocycles. The third-order valence-electron chi connectivity index (χ3n) is 6.16. The van der Waals surface area contributed by atoms with Crippen LogP contribution in [0.2, 0.25) is 0 Å². The molecule has 0 saturated heterocycles. The fourth-order valence-electron chi connectivity index (χ4n) is 4.03. The monoisotopic (exact) mass is 424 g/mol. The summed E-state index contributed by atoms with van der Waals surface area (Å²) in [6.07, 6.45) is 22.1. The van der Waals surface area contributed by atoms with Crippen molar-refractivity contribution in [1.82, 2.24) is 0 Å². The highest BCUT2D eigenvalue weighted by Gasteiger charge is 2.20. The van der Waals surface area contributed by atoms with E-state index in [0.29, 0.717) is 5.41 Å². The normalized spacial score (nSPS) is 12.3. The van der Waals surface area contributed by atoms with E-state index in [-0.39, 0.29) is 5.54 Å². The summed E-state index contributed by atoms with van der Waals surface area (Å²) in [6.45, 7) is 14.9. The van der Waals surface area contributed by atoms with E-state index >= 15 is 0 Å². The van der Waals surface area contributed by atoms with Crippen molar-refractivity contribution >= 4 is 0 Å². The number of nitrogens with zero attached hydrogens (tertiary/aromatic N) is 2. The Balaban J connectivity index is 1.58. The SMILES string of the molecule is CC(C)(C)CCCCCCCC[n+]1ccc(CCCc2cc[n+](C(C)(C)C)cc2)cc1. The molecule has 0 spiro atoms. The molecule has 172 valence electrons. The molecule has 0 saturated carbocycles. The van der Waals surface area contributed by atoms with E-state index in [0.717, 1.165) is 19.4 Å². The van der Waals surface area contributed by atoms with Gasteiger partial charge in [0.15, 0.2) is 30.3 Å². The van der Waals surface area contributed by atoms with Crippen LogP contribution in [0.3, 0.4) is 0 Å². The molecule has 2 aromatic rings. The molecule has 0 aromatic carbocycles. The first-order valence-electron chi connectivity index (χ1n) is 12.6. The zero-order chi connectivity index (χ0) is 22.7. The van der Waals surface area contributed by atoms with Gasteiger partial charge in [0, 0.05) is 51.5 Å². The van der Waals surface area contributed by atoms with Gasteiger partial charge in [0.25, 0.3) is 0 Å². The fourth-order valence-corrected chi connectivity index (χ4v) is 4.03. The van der Waals surface area contributed by atoms with Crippen molar-refractivity contribution in [3.05, 3.63) is 60.2 Å². The molecule has 0 bridgehead atoms. The molecule has 0 aliphatic carbocycles. The molecule has 2 nitrogen and oxygen atoms in total. The number of hydrogen-bond acceptors (Lipinski definition) is 0. The minimum Gasteiger partial charge on any atom is -0.205 e. The Hall–Kier alpha value is -1.70. The highest BCUT2D eigenvalue weighted by Crippen LogP contribution is 2.22. The zero-order valence-electron chi connectivity index (χ0n) is 21.3. The summed E-state index contributed by atoms with van der Waals surface area (Å²) in [7, 11) is 0. The van der Waals surface area contributed by atoms with E-state index in [9.17, 15) is 0 Å². The molecule has 0 N–H and O–H groups in total. The van der Waals surface area contributed by atoms with Crippen molar-refractivity contribution in [1.29, 1.82) is 0 Å². The Morgan fingerprint density at radius 1 is 0.581 bits per heavy atom. The van der Waals surface area contributed by atoms with Crippen molar-refractivity contribution in [2.75, 3.05) is 0 Å². The summed E-state index contributed by atoms with van der Waals surface area (Å²) >= 11 is 0. The number of unbranched alkanes of at least 4 members (excludes halogenated alkanes) is 5. The van der Waals surface area contributed by atoms with Crippen LogP contribution in [0.25, 0.3) is 0 Å². The van der Waals surface area contributed by atoms with Crippen molar-refractivity contribution in [2.45, 2.75) is 118 Å². The maximum Gasteiger partial charge on any atom is 0.169 e. The van der Waals surface area contributed by atoms with Crippen LogP contribution in [0.4, 0.5) is 0 Å². The Labute approximate surface area is 192 Å². The maximum absolute atomic E-state index is 2.35. The van der Waals surface area contributed by atoms with Gasteiger partial charge in [0.2, 0.25) is 0 Å². The van der Waals surface area contributed by atoms with Crippen molar-refractivity contribution < 1.29 is 9.13 Å². The third-order valence-corrected chi connectivity index (χ3v) is 6.16. The summed E-state index contributed by atoms with van der Waals surface area (Å²) in [6, 6.07) is 9.17. The molecule has 0 aliphatic rings. The van der Waals surface area contributed by atoms with Gasteiger partial charge in [-0.05, 0) is 48.6 Å². The molecule has 0 amide bonds. The molecule has 0 unspecified atom stereocenters. The lowest BCUT2D eigenvalue weighted by Gasteiger charge is -2.17. The van der Waals surface area contributed by atoms with Crippen LogP contribution in [0, 0.1) is 5.41 Å². The Kier molecular flexibility index (Phi) is 10.2. The summed E-state index contributed by atoms with van der Waals surface area (Å²) in [5, 5.41) is 0. The molecule has 2 rings (SSSR count). The van der Waals surface area contributed by atoms with Gasteiger partial charge in [-0.1, -0.05) is 46.5 Å². The van der Waals surface area contributed by atoms with Gasteiger partial charge in [-0.25, -0.2) is 9.13 Å². The standard InChI is InChI=1S/C29H48N2/c1-28(2,3)20-11-9-7-8-10-12-21-30-22-16-26(17-23-30)14-13-15-27-18-24-31(25-19-27)29(4,5)6/h16-19,22-25H,7-15,20-21H2,1-6H3/q+2. The summed E-state index contributed by atoms with van der Waals surface area (Å²) in [4.78, 5) is 0. The van der Waals surface area contributed by atoms with E-state index in [1.54, 1.807) is 0 Å². The molecule has 0 radical (unpaired) electrons. The van der Waals surface area contributed by atoms with Gasteiger partial charge >= 0.3 is 0 Å². The summed E-state index contributed by atoms with van der Waals surface area (Å²) < 4.78 is 4.63. The second-order valence-corrected chi connectivity index (χ2v) is 11.5. The molecular formula is C29H48N2+2. The zero-order valence-corrected chi connectivity index (χ0v) is 21.3. The predicted molar refractivity (Wildman–Crippen MR) is 132 cm³/mol. The first-order valence-corrected chi connectivity index (χ1v) is 12.6. The van der Waals surface area contributed by atoms with Gasteiger partial charge in [0.05, 0.1) is 0 Å². The van der Waals surface area contributed by atoms with Crippen LogP contribution < -0.4 is 9.13 Å². The van der Waals surface area contributed by atoms with E-state index < -0.39 is 0 Å². The Bertz CT molecular complexity index is 730. The number of hydrogen-bond donors (Lipinski definition) is 0. The highest BCUT2D eigenvalue weighted by atomic mass is 15.0. The first-order chi connectivity index (χ1) is 14.6. The van der Waals surface area contributed by atoms with Crippen LogP contribution in [0.5, 0.6) is 0 Å². The number of pyridine rings is 2. The van der Waals surface area contributed by atoms with E-state index in [1.165, 1.54) is 62.5 Å². The molecule has 2 heteroatoms. The highest BCUT2D eigenvalue weighted by molar-refractivity contribution is 5.10. The fraction of sp³-hybridized carbons (Fsp3) is 0.655. The van der Waals surface area contributed by atoms with Crippen LogP contribution in [0.1, 0.15) is 104 Å². The minimum atomic E-state index is 0.157. The Morgan fingerprint density at radius 2 is 1.06 bits per heavy atom. The topological polar surface area (TPSA) is 7.76 Å². The van der Waals surface area contributed by atoms with Gasteiger partial charge < -0.3 is 0 Å². The van der Waals surface area contributed by atoms with Crippen molar-refractivity contribution in [3.63, 3.8) is 0 Å². The molecular weight excluding hydrogens is 376 g/mol. The molecule has 0 aliphatic heterocycles. The number of rotatable bonds is 12. The molecule has 0 fully saturated rings. The second-order valence-electron chi connectivity index (χ2n) is 11.5. The van der Waals surface area contributed by atoms with Gasteiger partial charge in [-0.2, -0.15) is 0 Å². The maximum atomic E-state index is 2.35. The van der Waals surface area contributed by atoms with Gasteiger partial charge in [-0.15, -0.1) is 0 Å². The Morgan fingerprint density at radius 3 is 1.58 bits per heavy atom. The second kappa shape index (κ2) is 12.4. The van der Waals surface area contributed by atoms with Gasteiger partial charge in [0.1, 0.15) is 6.54 Å². The van der Waals surface area contributed by atoms with Gasteiger partial charge in [-0.3, -0.25) is 0 Å².